The molecular formula is C27H46O2. The third-order valence-corrected chi connectivity index (χ3v) is 10.5. The number of ether oxygens (including phenoxy) is 2. The molecule has 0 N–H and O–H groups in total. The van der Waals surface area contributed by atoms with Crippen molar-refractivity contribution in [2.45, 2.75) is 110 Å². The average molecular weight is 403 g/mol. The molecular weight excluding hydrogens is 356 g/mol. The van der Waals surface area contributed by atoms with Gasteiger partial charge in [-0.15, -0.1) is 0 Å². The number of methoxy groups -OCH3 is 2. The molecule has 29 heavy (non-hydrogen) atoms. The molecule has 166 valence electrons. The van der Waals surface area contributed by atoms with Crippen LogP contribution < -0.4 is 0 Å². The van der Waals surface area contributed by atoms with E-state index in [0.717, 1.165) is 23.7 Å². The quantitative estimate of drug-likeness (QED) is 0.438. The Morgan fingerprint density at radius 3 is 2.55 bits per heavy atom. The summed E-state index contributed by atoms with van der Waals surface area (Å²) in [7, 11) is 3.76. The van der Waals surface area contributed by atoms with Crippen LogP contribution in [0.3, 0.4) is 0 Å². The Hall–Kier alpha value is -0.340. The topological polar surface area (TPSA) is 18.5 Å². The average Bonchev–Trinajstić information content (AvgIpc) is 3.04. The first-order valence-electron chi connectivity index (χ1n) is 12.5. The maximum absolute atomic E-state index is 5.74. The maximum Gasteiger partial charge on any atom is 0.0622 e. The molecule has 0 heterocycles. The summed E-state index contributed by atoms with van der Waals surface area (Å²) in [6, 6.07) is 0. The summed E-state index contributed by atoms with van der Waals surface area (Å²) in [5.41, 5.74) is 2.83. The lowest BCUT2D eigenvalue weighted by molar-refractivity contribution is -0.0552. The fourth-order valence-corrected chi connectivity index (χ4v) is 8.29. The van der Waals surface area contributed by atoms with E-state index in [9.17, 15) is 0 Å². The van der Waals surface area contributed by atoms with Gasteiger partial charge in [0.15, 0.2) is 0 Å². The monoisotopic (exact) mass is 402 g/mol. The Morgan fingerprint density at radius 1 is 1.03 bits per heavy atom. The van der Waals surface area contributed by atoms with Gasteiger partial charge in [0.25, 0.3) is 0 Å². The summed E-state index contributed by atoms with van der Waals surface area (Å²) in [6.07, 6.45) is 18.1. The van der Waals surface area contributed by atoms with E-state index in [1.165, 1.54) is 70.6 Å². The first-order chi connectivity index (χ1) is 13.7. The van der Waals surface area contributed by atoms with Crippen molar-refractivity contribution in [2.24, 2.45) is 34.5 Å². The van der Waals surface area contributed by atoms with E-state index in [4.69, 9.17) is 9.47 Å². The molecule has 2 nitrogen and oxygen atoms in total. The fraction of sp³-hybridized carbons (Fsp3) is 0.926. The highest BCUT2D eigenvalue weighted by Crippen LogP contribution is 2.66. The Balaban J connectivity index is 1.46. The molecule has 0 aromatic heterocycles. The summed E-state index contributed by atoms with van der Waals surface area (Å²) >= 11 is 0. The predicted octanol–water partition coefficient (Wildman–Crippen LogP) is 7.18. The van der Waals surface area contributed by atoms with E-state index in [-0.39, 0.29) is 5.60 Å². The summed E-state index contributed by atoms with van der Waals surface area (Å²) in [6.45, 7) is 9.77. The molecule has 3 fully saturated rings. The van der Waals surface area contributed by atoms with Crippen LogP contribution in [0.15, 0.2) is 11.6 Å². The molecule has 7 unspecified atom stereocenters. The molecule has 0 saturated heterocycles. The van der Waals surface area contributed by atoms with Gasteiger partial charge in [0.2, 0.25) is 0 Å². The van der Waals surface area contributed by atoms with Gasteiger partial charge in [-0.2, -0.15) is 0 Å². The molecule has 0 bridgehead atoms. The molecule has 0 aliphatic heterocycles. The molecule has 3 saturated carbocycles. The van der Waals surface area contributed by atoms with Crippen LogP contribution in [0, 0.1) is 34.5 Å². The lowest BCUT2D eigenvalue weighted by Gasteiger charge is -2.58. The van der Waals surface area contributed by atoms with Crippen LogP contribution in [-0.2, 0) is 9.47 Å². The van der Waals surface area contributed by atoms with Gasteiger partial charge in [-0.1, -0.05) is 31.9 Å². The Morgan fingerprint density at radius 2 is 1.83 bits per heavy atom. The molecule has 4 aliphatic carbocycles. The highest BCUT2D eigenvalue weighted by molar-refractivity contribution is 5.25. The fourth-order valence-electron chi connectivity index (χ4n) is 8.29. The zero-order chi connectivity index (χ0) is 20.9. The van der Waals surface area contributed by atoms with Crippen LogP contribution in [0.25, 0.3) is 0 Å². The SMILES string of the molecule is COC1CCC2(C)C(=CCC3C2CCC2(C)C(CCCC(C)(C)OC)CCC32)C1. The van der Waals surface area contributed by atoms with Crippen LogP contribution in [0.2, 0.25) is 0 Å². The third kappa shape index (κ3) is 3.75. The third-order valence-electron chi connectivity index (χ3n) is 10.5. The van der Waals surface area contributed by atoms with Crippen molar-refractivity contribution in [3.63, 3.8) is 0 Å². The number of hydrogen-bond donors (Lipinski definition) is 0. The van der Waals surface area contributed by atoms with Gasteiger partial charge in [-0.05, 0) is 113 Å². The molecule has 4 rings (SSSR count). The van der Waals surface area contributed by atoms with Gasteiger partial charge in [0.05, 0.1) is 11.7 Å². The molecule has 4 aliphatic rings. The van der Waals surface area contributed by atoms with Gasteiger partial charge in [0, 0.05) is 14.2 Å². The van der Waals surface area contributed by atoms with E-state index in [1.54, 1.807) is 5.57 Å². The zero-order valence-electron chi connectivity index (χ0n) is 20.1. The number of allylic oxidation sites excluding steroid dienone is 1. The lowest BCUT2D eigenvalue weighted by Crippen LogP contribution is -2.50. The number of fused-ring (bicyclic) bond motifs is 5. The second-order valence-corrected chi connectivity index (χ2v) is 12.0. The summed E-state index contributed by atoms with van der Waals surface area (Å²) in [5, 5.41) is 0. The Labute approximate surface area is 180 Å². The van der Waals surface area contributed by atoms with Crippen molar-refractivity contribution in [3.05, 3.63) is 11.6 Å². The van der Waals surface area contributed by atoms with Crippen molar-refractivity contribution < 1.29 is 9.47 Å². The minimum Gasteiger partial charge on any atom is -0.381 e. The van der Waals surface area contributed by atoms with Gasteiger partial charge >= 0.3 is 0 Å². The minimum atomic E-state index is 0.0385. The maximum atomic E-state index is 5.74. The normalized spacial score (nSPS) is 44.6. The molecule has 0 radical (unpaired) electrons. The summed E-state index contributed by atoms with van der Waals surface area (Å²) in [4.78, 5) is 0. The second-order valence-electron chi connectivity index (χ2n) is 12.0. The van der Waals surface area contributed by atoms with Gasteiger partial charge in [0.1, 0.15) is 0 Å². The van der Waals surface area contributed by atoms with Crippen LogP contribution in [0.4, 0.5) is 0 Å². The Bertz CT molecular complexity index is 622. The van der Waals surface area contributed by atoms with Crippen LogP contribution >= 0.6 is 0 Å². The van der Waals surface area contributed by atoms with Crippen LogP contribution in [-0.4, -0.2) is 25.9 Å². The van der Waals surface area contributed by atoms with E-state index in [0.29, 0.717) is 16.9 Å². The van der Waals surface area contributed by atoms with E-state index >= 15 is 0 Å². The van der Waals surface area contributed by atoms with Crippen molar-refractivity contribution >= 4 is 0 Å². The molecule has 0 amide bonds. The highest BCUT2D eigenvalue weighted by Gasteiger charge is 2.58. The first kappa shape index (κ1) is 21.9. The predicted molar refractivity (Wildman–Crippen MR) is 121 cm³/mol. The van der Waals surface area contributed by atoms with E-state index in [1.807, 2.05) is 14.2 Å². The largest absolute Gasteiger partial charge is 0.381 e. The van der Waals surface area contributed by atoms with Crippen LogP contribution in [0.5, 0.6) is 0 Å². The molecule has 0 aromatic carbocycles. The smallest absolute Gasteiger partial charge is 0.0622 e. The van der Waals surface area contributed by atoms with Crippen LogP contribution in [0.1, 0.15) is 98.3 Å². The zero-order valence-corrected chi connectivity index (χ0v) is 20.1. The minimum absolute atomic E-state index is 0.0385. The van der Waals surface area contributed by atoms with Gasteiger partial charge < -0.3 is 9.47 Å². The molecule has 2 heteroatoms. The highest BCUT2D eigenvalue weighted by atomic mass is 16.5. The molecule has 0 spiro atoms. The van der Waals surface area contributed by atoms with Crippen molar-refractivity contribution in [2.75, 3.05) is 14.2 Å². The lowest BCUT2D eigenvalue weighted by atomic mass is 9.47. The first-order valence-corrected chi connectivity index (χ1v) is 12.5. The van der Waals surface area contributed by atoms with Crippen molar-refractivity contribution in [1.29, 1.82) is 0 Å². The Kier molecular flexibility index (Phi) is 6.01. The van der Waals surface area contributed by atoms with Crippen molar-refractivity contribution in [1.82, 2.24) is 0 Å². The summed E-state index contributed by atoms with van der Waals surface area (Å²) < 4.78 is 11.4. The molecule has 0 aromatic rings. The standard InChI is InChI=1S/C27H46O2/c1-25(2,29-6)15-7-8-19-10-12-23-22-11-9-20-18-21(28-5)13-16-27(20,4)24(22)14-17-26(19,23)3/h9,19,21-24H,7-8,10-18H2,1-6H3. The van der Waals surface area contributed by atoms with E-state index in [2.05, 4.69) is 33.8 Å². The van der Waals surface area contributed by atoms with Gasteiger partial charge in [-0.25, -0.2) is 0 Å². The second kappa shape index (κ2) is 7.97. The van der Waals surface area contributed by atoms with Crippen molar-refractivity contribution in [3.8, 4) is 0 Å². The molecule has 7 atom stereocenters. The summed E-state index contributed by atoms with van der Waals surface area (Å²) in [5.74, 6) is 3.74. The van der Waals surface area contributed by atoms with E-state index < -0.39 is 0 Å². The van der Waals surface area contributed by atoms with Gasteiger partial charge in [-0.3, -0.25) is 0 Å². The number of rotatable bonds is 6. The number of hydrogen-bond acceptors (Lipinski definition) is 2.